The Hall–Kier alpha value is -2.12. The molecule has 3 N–H and O–H groups in total. The number of carboxylic acid groups (broad SMARTS) is 3. The molecular weight excluding hydrogens is 548 g/mol. The third-order valence-electron chi connectivity index (χ3n) is 9.04. The third kappa shape index (κ3) is 14.5. The molecule has 0 aliphatic heterocycles. The molecule has 0 aliphatic carbocycles. The maximum Gasteiger partial charge on any atom is 0.350 e. The van der Waals surface area contributed by atoms with Gasteiger partial charge in [-0.2, -0.15) is 0 Å². The van der Waals surface area contributed by atoms with E-state index in [1.54, 1.807) is 0 Å². The fourth-order valence-corrected chi connectivity index (χ4v) is 6.57. The largest absolute Gasteiger partial charge is 0.481 e. The second-order valence-electron chi connectivity index (χ2n) is 12.6. The summed E-state index contributed by atoms with van der Waals surface area (Å²) in [6.45, 7) is 7.44. The number of hydrogen-bond acceptors (Lipinski definition) is 5. The van der Waals surface area contributed by atoms with E-state index in [0.29, 0.717) is 38.5 Å². The van der Waals surface area contributed by atoms with Crippen LogP contribution in [-0.4, -0.2) is 44.8 Å². The van der Waals surface area contributed by atoms with Gasteiger partial charge in [-0.05, 0) is 19.3 Å². The van der Waals surface area contributed by atoms with Crippen LogP contribution in [0.15, 0.2) is 0 Å². The zero-order valence-corrected chi connectivity index (χ0v) is 27.9. The first-order chi connectivity index (χ1) is 20.6. The van der Waals surface area contributed by atoms with Crippen molar-refractivity contribution in [3.8, 4) is 0 Å². The molecule has 8 heteroatoms. The van der Waals surface area contributed by atoms with Crippen molar-refractivity contribution in [2.24, 2.45) is 11.3 Å². The zero-order chi connectivity index (χ0) is 32.6. The van der Waals surface area contributed by atoms with E-state index in [0.717, 1.165) is 103 Å². The number of carbonyl (C=O) groups is 4. The van der Waals surface area contributed by atoms with Crippen LogP contribution >= 0.6 is 0 Å². The SMILES string of the molecule is CCCCCCCCCC(C(=O)O)C(OC(C)=O)(C(=O)O)C(CCCCCCCCC)(CCCCCCCCC)C(=O)O. The lowest BCUT2D eigenvalue weighted by molar-refractivity contribution is -0.220. The smallest absolute Gasteiger partial charge is 0.350 e. The van der Waals surface area contributed by atoms with Crippen molar-refractivity contribution < 1.29 is 39.2 Å². The Balaban J connectivity index is 6.37. The molecule has 0 heterocycles. The number of rotatable bonds is 30. The van der Waals surface area contributed by atoms with Gasteiger partial charge in [-0.3, -0.25) is 14.4 Å². The molecule has 0 fully saturated rings. The number of aliphatic carboxylic acids is 3. The molecule has 2 atom stereocenters. The molecule has 0 rings (SSSR count). The van der Waals surface area contributed by atoms with Crippen LogP contribution < -0.4 is 0 Å². The summed E-state index contributed by atoms with van der Waals surface area (Å²) in [7, 11) is 0. The number of esters is 1. The molecule has 8 nitrogen and oxygen atoms in total. The van der Waals surface area contributed by atoms with Gasteiger partial charge in [0.15, 0.2) is 0 Å². The maximum absolute atomic E-state index is 13.3. The lowest BCUT2D eigenvalue weighted by Crippen LogP contribution is -2.66. The molecule has 0 saturated carbocycles. The fraction of sp³-hybridized carbons (Fsp3) is 0.886. The van der Waals surface area contributed by atoms with Crippen molar-refractivity contribution in [1.29, 1.82) is 0 Å². The summed E-state index contributed by atoms with van der Waals surface area (Å²) in [6, 6.07) is 0. The van der Waals surface area contributed by atoms with E-state index < -0.39 is 40.8 Å². The number of carboxylic acids is 3. The number of hydrogen-bond donors (Lipinski definition) is 3. The Bertz CT molecular complexity index is 762. The Morgan fingerprint density at radius 1 is 0.535 bits per heavy atom. The molecule has 0 aromatic rings. The highest BCUT2D eigenvalue weighted by Gasteiger charge is 2.69. The highest BCUT2D eigenvalue weighted by atomic mass is 16.6. The zero-order valence-electron chi connectivity index (χ0n) is 27.9. The standard InChI is InChI=1S/C35H64O8/c1-5-8-11-14-17-20-23-26-30(31(37)38)35(33(41)42,43-29(4)36)34(32(39)40,27-24-21-18-15-12-9-6-2)28-25-22-19-16-13-10-7-3/h30H,5-28H2,1-4H3,(H,37,38)(H,39,40)(H,41,42). The predicted octanol–water partition coefficient (Wildman–Crippen LogP) is 9.57. The van der Waals surface area contributed by atoms with Crippen LogP contribution in [0, 0.1) is 11.3 Å². The van der Waals surface area contributed by atoms with E-state index in [1.807, 2.05) is 0 Å². The molecule has 0 aliphatic rings. The quantitative estimate of drug-likeness (QED) is 0.0538. The van der Waals surface area contributed by atoms with Crippen LogP contribution in [-0.2, 0) is 23.9 Å². The Morgan fingerprint density at radius 2 is 0.884 bits per heavy atom. The summed E-state index contributed by atoms with van der Waals surface area (Å²) in [6.07, 6.45) is 18.9. The van der Waals surface area contributed by atoms with Crippen LogP contribution in [0.4, 0.5) is 0 Å². The first-order valence-electron chi connectivity index (χ1n) is 17.5. The molecule has 0 aromatic carbocycles. The van der Waals surface area contributed by atoms with Gasteiger partial charge in [0.2, 0.25) is 5.60 Å². The van der Waals surface area contributed by atoms with Gasteiger partial charge in [0.1, 0.15) is 11.3 Å². The summed E-state index contributed by atoms with van der Waals surface area (Å²) in [5.41, 5.74) is -4.76. The minimum absolute atomic E-state index is 0.0493. The van der Waals surface area contributed by atoms with Gasteiger partial charge >= 0.3 is 23.9 Å². The van der Waals surface area contributed by atoms with Gasteiger partial charge in [-0.1, -0.05) is 156 Å². The topological polar surface area (TPSA) is 138 Å². The van der Waals surface area contributed by atoms with Gasteiger partial charge < -0.3 is 20.1 Å². The highest BCUT2D eigenvalue weighted by Crippen LogP contribution is 2.50. The number of ether oxygens (including phenoxy) is 1. The van der Waals surface area contributed by atoms with Crippen molar-refractivity contribution in [3.05, 3.63) is 0 Å². The van der Waals surface area contributed by atoms with Gasteiger partial charge in [0.25, 0.3) is 0 Å². The molecule has 252 valence electrons. The van der Waals surface area contributed by atoms with Crippen molar-refractivity contribution in [1.82, 2.24) is 0 Å². The second kappa shape index (κ2) is 24.2. The van der Waals surface area contributed by atoms with Crippen LogP contribution in [0.5, 0.6) is 0 Å². The molecule has 0 spiro atoms. The van der Waals surface area contributed by atoms with Crippen LogP contribution in [0.1, 0.15) is 182 Å². The van der Waals surface area contributed by atoms with Crippen molar-refractivity contribution in [3.63, 3.8) is 0 Å². The van der Waals surface area contributed by atoms with E-state index >= 15 is 0 Å². The van der Waals surface area contributed by atoms with E-state index in [9.17, 15) is 34.5 Å². The van der Waals surface area contributed by atoms with Crippen LogP contribution in [0.3, 0.4) is 0 Å². The van der Waals surface area contributed by atoms with Gasteiger partial charge in [-0.25, -0.2) is 4.79 Å². The van der Waals surface area contributed by atoms with E-state index in [4.69, 9.17) is 4.74 Å². The molecular formula is C35H64O8. The first-order valence-corrected chi connectivity index (χ1v) is 17.5. The van der Waals surface area contributed by atoms with Crippen LogP contribution in [0.2, 0.25) is 0 Å². The number of carbonyl (C=O) groups excluding carboxylic acids is 1. The molecule has 2 unspecified atom stereocenters. The van der Waals surface area contributed by atoms with Crippen molar-refractivity contribution >= 4 is 23.9 Å². The maximum atomic E-state index is 13.3. The van der Waals surface area contributed by atoms with Gasteiger partial charge in [0.05, 0.1) is 0 Å². The average Bonchev–Trinajstić information content (AvgIpc) is 2.95. The van der Waals surface area contributed by atoms with E-state index in [2.05, 4.69) is 20.8 Å². The summed E-state index contributed by atoms with van der Waals surface area (Å²) >= 11 is 0. The summed E-state index contributed by atoms with van der Waals surface area (Å²) in [5.74, 6) is -7.14. The Kier molecular flexibility index (Phi) is 23.0. The van der Waals surface area contributed by atoms with E-state index in [-0.39, 0.29) is 19.3 Å². The lowest BCUT2D eigenvalue weighted by atomic mass is 9.59. The summed E-state index contributed by atoms with van der Waals surface area (Å²) in [4.78, 5) is 51.9. The average molecular weight is 613 g/mol. The molecule has 0 aromatic heterocycles. The molecule has 0 radical (unpaired) electrons. The Labute approximate surface area is 261 Å². The fourth-order valence-electron chi connectivity index (χ4n) is 6.57. The third-order valence-corrected chi connectivity index (χ3v) is 9.04. The first kappa shape index (κ1) is 40.9. The predicted molar refractivity (Wildman–Crippen MR) is 171 cm³/mol. The molecule has 0 amide bonds. The normalized spacial score (nSPS) is 13.8. The van der Waals surface area contributed by atoms with Gasteiger partial charge in [-0.15, -0.1) is 0 Å². The molecule has 0 bridgehead atoms. The van der Waals surface area contributed by atoms with Gasteiger partial charge in [0, 0.05) is 6.92 Å². The van der Waals surface area contributed by atoms with Crippen molar-refractivity contribution in [2.75, 3.05) is 0 Å². The summed E-state index contributed by atoms with van der Waals surface area (Å²) in [5, 5.41) is 32.0. The Morgan fingerprint density at radius 3 is 1.19 bits per heavy atom. The highest BCUT2D eigenvalue weighted by molar-refractivity contribution is 5.95. The van der Waals surface area contributed by atoms with E-state index in [1.165, 1.54) is 0 Å². The monoisotopic (exact) mass is 612 g/mol. The minimum atomic E-state index is -2.71. The summed E-state index contributed by atoms with van der Waals surface area (Å²) < 4.78 is 5.58. The second-order valence-corrected chi connectivity index (χ2v) is 12.6. The lowest BCUT2D eigenvalue weighted by Gasteiger charge is -2.47. The van der Waals surface area contributed by atoms with Crippen molar-refractivity contribution in [2.45, 2.75) is 187 Å². The number of unbranched alkanes of at least 4 members (excludes halogenated alkanes) is 18. The van der Waals surface area contributed by atoms with Crippen LogP contribution in [0.25, 0.3) is 0 Å². The molecule has 0 saturated heterocycles. The molecule has 43 heavy (non-hydrogen) atoms. The minimum Gasteiger partial charge on any atom is -0.481 e.